The van der Waals surface area contributed by atoms with Crippen LogP contribution in [0.15, 0.2) is 11.0 Å². The third kappa shape index (κ3) is 4.17. The monoisotopic (exact) mass is 341 g/mol. The molecule has 0 spiro atoms. The summed E-state index contributed by atoms with van der Waals surface area (Å²) in [5.41, 5.74) is 0.785. The molecule has 2 aliphatic rings. The lowest BCUT2D eigenvalue weighted by Crippen LogP contribution is -2.34. The molecule has 0 saturated carbocycles. The lowest BCUT2D eigenvalue weighted by atomic mass is 10.3. The molecule has 1 N–H and O–H groups in total. The van der Waals surface area contributed by atoms with E-state index in [4.69, 9.17) is 12.2 Å². The number of sulfone groups is 2. The second-order valence-electron chi connectivity index (χ2n) is 4.83. The van der Waals surface area contributed by atoms with Crippen LogP contribution in [0.5, 0.6) is 0 Å². The van der Waals surface area contributed by atoms with Gasteiger partial charge in [0.05, 0.1) is 17.3 Å². The van der Waals surface area contributed by atoms with Gasteiger partial charge in [-0.15, -0.1) is 0 Å². The summed E-state index contributed by atoms with van der Waals surface area (Å²) in [4.78, 5) is 0. The normalized spacial score (nSPS) is 31.9. The van der Waals surface area contributed by atoms with E-state index in [1.165, 1.54) is 17.2 Å². The van der Waals surface area contributed by atoms with Gasteiger partial charge in [-0.05, 0) is 18.9 Å². The molecule has 1 fully saturated rings. The summed E-state index contributed by atoms with van der Waals surface area (Å²) in [6, 6.07) is -0.146. The highest BCUT2D eigenvalue weighted by atomic mass is 32.2. The first kappa shape index (κ1) is 15.3. The van der Waals surface area contributed by atoms with Crippen molar-refractivity contribution < 1.29 is 16.8 Å². The van der Waals surface area contributed by atoms with Crippen LogP contribution in [0.4, 0.5) is 0 Å². The van der Waals surface area contributed by atoms with Crippen molar-refractivity contribution in [3.05, 3.63) is 11.0 Å². The largest absolute Gasteiger partial charge is 0.367 e. The molecular weight excluding hydrogens is 326 g/mol. The predicted molar refractivity (Wildman–Crippen MR) is 81.7 cm³/mol. The average Bonchev–Trinajstić information content (AvgIpc) is 2.66. The van der Waals surface area contributed by atoms with E-state index in [0.29, 0.717) is 10.7 Å². The van der Waals surface area contributed by atoms with Gasteiger partial charge in [0.25, 0.3) is 0 Å². The van der Waals surface area contributed by atoms with Crippen molar-refractivity contribution in [1.29, 1.82) is 0 Å². The minimum Gasteiger partial charge on any atom is -0.367 e. The molecular formula is C10H15NO4S4. The summed E-state index contributed by atoms with van der Waals surface area (Å²) in [6.07, 6.45) is 0.556. The molecule has 5 nitrogen and oxygen atoms in total. The van der Waals surface area contributed by atoms with Gasteiger partial charge in [0, 0.05) is 16.7 Å². The first-order valence-electron chi connectivity index (χ1n) is 5.75. The smallest absolute Gasteiger partial charge is 0.173 e. The zero-order valence-electron chi connectivity index (χ0n) is 10.3. The Morgan fingerprint density at radius 1 is 1.37 bits per heavy atom. The zero-order chi connectivity index (χ0) is 14.3. The van der Waals surface area contributed by atoms with E-state index in [0.717, 1.165) is 5.57 Å². The molecule has 0 aromatic rings. The Balaban J connectivity index is 1.88. The first-order chi connectivity index (χ1) is 8.67. The summed E-state index contributed by atoms with van der Waals surface area (Å²) in [6.45, 7) is 1.77. The third-order valence-electron chi connectivity index (χ3n) is 3.06. The van der Waals surface area contributed by atoms with Crippen LogP contribution in [0.2, 0.25) is 0 Å². The number of hydrogen-bond donors (Lipinski definition) is 1. The van der Waals surface area contributed by atoms with E-state index in [2.05, 4.69) is 5.32 Å². The van der Waals surface area contributed by atoms with Crippen LogP contribution in [-0.4, -0.2) is 49.7 Å². The van der Waals surface area contributed by atoms with Crippen molar-refractivity contribution in [2.45, 2.75) is 24.6 Å². The van der Waals surface area contributed by atoms with E-state index in [9.17, 15) is 16.8 Å². The van der Waals surface area contributed by atoms with Crippen LogP contribution in [0, 0.1) is 0 Å². The molecule has 2 atom stereocenters. The minimum absolute atomic E-state index is 0.0638. The van der Waals surface area contributed by atoms with Gasteiger partial charge in [-0.2, -0.15) is 0 Å². The van der Waals surface area contributed by atoms with Crippen molar-refractivity contribution in [2.24, 2.45) is 0 Å². The average molecular weight is 342 g/mol. The van der Waals surface area contributed by atoms with Gasteiger partial charge in [0.1, 0.15) is 4.32 Å². The number of hydrogen-bond acceptors (Lipinski definition) is 6. The van der Waals surface area contributed by atoms with Gasteiger partial charge in [0.15, 0.2) is 19.7 Å². The van der Waals surface area contributed by atoms with Crippen molar-refractivity contribution in [3.8, 4) is 0 Å². The number of thioether (sulfide) groups is 1. The highest BCUT2D eigenvalue weighted by molar-refractivity contribution is 8.23. The molecule has 19 heavy (non-hydrogen) atoms. The molecule has 0 bridgehead atoms. The number of rotatable bonds is 2. The molecule has 9 heteroatoms. The second kappa shape index (κ2) is 5.34. The van der Waals surface area contributed by atoms with E-state index < -0.39 is 19.7 Å². The summed E-state index contributed by atoms with van der Waals surface area (Å²) >= 11 is 6.45. The standard InChI is InChI=1S/C10H15NO4S4/c1-7-4-19(14,15)6-9(7)17-10(16)11-8-2-3-18(12,13)5-8/h4,8-9H,2-3,5-6H2,1H3,(H,11,16). The fourth-order valence-corrected chi connectivity index (χ4v) is 7.49. The fraction of sp³-hybridized carbons (Fsp3) is 0.700. The molecule has 0 amide bonds. The van der Waals surface area contributed by atoms with Crippen LogP contribution in [0.1, 0.15) is 13.3 Å². The van der Waals surface area contributed by atoms with Crippen molar-refractivity contribution in [1.82, 2.24) is 5.32 Å². The second-order valence-corrected chi connectivity index (χ2v) is 10.8. The lowest BCUT2D eigenvalue weighted by molar-refractivity contribution is 0.600. The topological polar surface area (TPSA) is 80.3 Å². The Bertz CT molecular complexity index is 620. The van der Waals surface area contributed by atoms with Gasteiger partial charge in [-0.1, -0.05) is 24.0 Å². The maximum absolute atomic E-state index is 11.4. The molecule has 0 radical (unpaired) electrons. The lowest BCUT2D eigenvalue weighted by Gasteiger charge is -2.16. The van der Waals surface area contributed by atoms with Crippen LogP contribution in [0.25, 0.3) is 0 Å². The van der Waals surface area contributed by atoms with Crippen LogP contribution >= 0.6 is 24.0 Å². The molecule has 2 unspecified atom stereocenters. The van der Waals surface area contributed by atoms with Gasteiger partial charge in [-0.3, -0.25) is 0 Å². The first-order valence-corrected chi connectivity index (χ1v) is 10.6. The fourth-order valence-electron chi connectivity index (χ4n) is 2.12. The predicted octanol–water partition coefficient (Wildman–Crippen LogP) is 0.482. The Morgan fingerprint density at radius 3 is 2.53 bits per heavy atom. The zero-order valence-corrected chi connectivity index (χ0v) is 13.6. The SMILES string of the molecule is CC1=CS(=O)(=O)CC1SC(=S)NC1CCS(=O)(=O)C1. The number of thiocarbonyl (C=S) groups is 1. The van der Waals surface area contributed by atoms with Crippen molar-refractivity contribution >= 4 is 48.0 Å². The maximum atomic E-state index is 11.4. The summed E-state index contributed by atoms with van der Waals surface area (Å²) in [7, 11) is -6.04. The van der Waals surface area contributed by atoms with Crippen LogP contribution in [-0.2, 0) is 19.7 Å². The van der Waals surface area contributed by atoms with Crippen LogP contribution in [0.3, 0.4) is 0 Å². The number of nitrogens with one attached hydrogen (secondary N) is 1. The van der Waals surface area contributed by atoms with E-state index >= 15 is 0 Å². The van der Waals surface area contributed by atoms with Gasteiger partial charge in [0.2, 0.25) is 0 Å². The van der Waals surface area contributed by atoms with Crippen molar-refractivity contribution in [3.63, 3.8) is 0 Å². The van der Waals surface area contributed by atoms with E-state index in [1.807, 2.05) is 0 Å². The summed E-state index contributed by atoms with van der Waals surface area (Å²) in [5, 5.41) is 4.12. The summed E-state index contributed by atoms with van der Waals surface area (Å²) < 4.78 is 46.0. The Morgan fingerprint density at radius 2 is 2.05 bits per heavy atom. The molecule has 108 valence electrons. The highest BCUT2D eigenvalue weighted by Crippen LogP contribution is 2.29. The summed E-state index contributed by atoms with van der Waals surface area (Å²) in [5.74, 6) is 0.356. The Labute approximate surface area is 123 Å². The van der Waals surface area contributed by atoms with Crippen LogP contribution < -0.4 is 5.32 Å². The molecule has 1 saturated heterocycles. The molecule has 2 heterocycles. The van der Waals surface area contributed by atoms with E-state index in [-0.39, 0.29) is 28.6 Å². The third-order valence-corrected chi connectivity index (χ3v) is 8.13. The quantitative estimate of drug-likeness (QED) is 0.732. The Hall–Kier alpha value is -0.120. The maximum Gasteiger partial charge on any atom is 0.173 e. The van der Waals surface area contributed by atoms with Gasteiger partial charge >= 0.3 is 0 Å². The Kier molecular flexibility index (Phi) is 4.29. The molecule has 0 aliphatic carbocycles. The van der Waals surface area contributed by atoms with Crippen molar-refractivity contribution in [2.75, 3.05) is 17.3 Å². The van der Waals surface area contributed by atoms with Gasteiger partial charge in [-0.25, -0.2) is 16.8 Å². The van der Waals surface area contributed by atoms with Gasteiger partial charge < -0.3 is 5.32 Å². The molecule has 0 aromatic heterocycles. The molecule has 2 rings (SSSR count). The van der Waals surface area contributed by atoms with E-state index in [1.54, 1.807) is 6.92 Å². The molecule has 0 aromatic carbocycles. The highest BCUT2D eigenvalue weighted by Gasteiger charge is 2.31. The molecule has 2 aliphatic heterocycles. The minimum atomic E-state index is -3.10.